The van der Waals surface area contributed by atoms with Crippen molar-refractivity contribution in [1.82, 2.24) is 5.32 Å². The van der Waals surface area contributed by atoms with Crippen LogP contribution in [-0.2, 0) is 25.5 Å². The fraction of sp³-hybridized carbons (Fsp3) is 0.375. The first-order valence-electron chi connectivity index (χ1n) is 10.1. The van der Waals surface area contributed by atoms with Crippen LogP contribution >= 0.6 is 0 Å². The molecule has 0 aliphatic heterocycles. The molecule has 2 aromatic carbocycles. The number of ether oxygens (including phenoxy) is 1. The van der Waals surface area contributed by atoms with E-state index < -0.39 is 24.0 Å². The molecular weight excluding hydrogens is 380 g/mol. The third-order valence-corrected chi connectivity index (χ3v) is 4.75. The average Bonchev–Trinajstić information content (AvgIpc) is 2.68. The maximum atomic E-state index is 12.6. The van der Waals surface area contributed by atoms with Crippen molar-refractivity contribution in [3.05, 3.63) is 65.2 Å². The fourth-order valence-corrected chi connectivity index (χ4v) is 2.99. The zero-order valence-corrected chi connectivity index (χ0v) is 18.2. The van der Waals surface area contributed by atoms with Crippen LogP contribution in [0.25, 0.3) is 0 Å². The van der Waals surface area contributed by atoms with Crippen LogP contribution in [0.15, 0.2) is 48.5 Å². The lowest BCUT2D eigenvalue weighted by Gasteiger charge is -2.23. The molecule has 0 aliphatic carbocycles. The Morgan fingerprint density at radius 2 is 1.63 bits per heavy atom. The number of benzene rings is 2. The Labute approximate surface area is 178 Å². The summed E-state index contributed by atoms with van der Waals surface area (Å²) >= 11 is 0. The van der Waals surface area contributed by atoms with E-state index >= 15 is 0 Å². The molecule has 2 atom stereocenters. The average molecular weight is 411 g/mol. The third-order valence-electron chi connectivity index (χ3n) is 4.75. The van der Waals surface area contributed by atoms with Gasteiger partial charge in [-0.1, -0.05) is 61.9 Å². The highest BCUT2D eigenvalue weighted by Gasteiger charge is 2.29. The summed E-state index contributed by atoms with van der Waals surface area (Å²) < 4.78 is 5.36. The first kappa shape index (κ1) is 23.1. The normalized spacial score (nSPS) is 12.7. The van der Waals surface area contributed by atoms with E-state index in [0.29, 0.717) is 5.69 Å². The lowest BCUT2D eigenvalue weighted by Crippen LogP contribution is -2.47. The van der Waals surface area contributed by atoms with Crippen LogP contribution in [-0.4, -0.2) is 29.9 Å². The van der Waals surface area contributed by atoms with Crippen molar-refractivity contribution in [2.24, 2.45) is 5.92 Å². The highest BCUT2D eigenvalue weighted by Crippen LogP contribution is 2.17. The molecule has 0 radical (unpaired) electrons. The second-order valence-corrected chi connectivity index (χ2v) is 7.84. The molecule has 2 rings (SSSR count). The van der Waals surface area contributed by atoms with Gasteiger partial charge in [-0.15, -0.1) is 0 Å². The van der Waals surface area contributed by atoms with Gasteiger partial charge in [0.2, 0.25) is 5.91 Å². The van der Waals surface area contributed by atoms with Gasteiger partial charge in [-0.2, -0.15) is 0 Å². The molecule has 6 heteroatoms. The SMILES string of the molecule is Cc1ccc(NC(=O)[C@@H](C)OC(=O)[C@@H](NC(=O)Cc2ccccc2)C(C)C)c(C)c1. The molecule has 0 unspecified atom stereocenters. The molecule has 0 fully saturated rings. The third kappa shape index (κ3) is 6.72. The quantitative estimate of drug-likeness (QED) is 0.652. The molecule has 30 heavy (non-hydrogen) atoms. The largest absolute Gasteiger partial charge is 0.451 e. The standard InChI is InChI=1S/C24H30N2O4/c1-15(2)22(26-21(27)14-19-9-7-6-8-10-19)24(29)30-18(5)23(28)25-20-12-11-16(3)13-17(20)4/h6-13,15,18,22H,14H2,1-5H3,(H,25,28)(H,26,27)/t18-,22+/m1/s1. The first-order chi connectivity index (χ1) is 14.2. The number of nitrogens with one attached hydrogen (secondary N) is 2. The van der Waals surface area contributed by atoms with Crippen LogP contribution in [0, 0.1) is 19.8 Å². The molecule has 0 aromatic heterocycles. The smallest absolute Gasteiger partial charge is 0.329 e. The Hall–Kier alpha value is -3.15. The zero-order valence-electron chi connectivity index (χ0n) is 18.2. The Bertz CT molecular complexity index is 893. The predicted octanol–water partition coefficient (Wildman–Crippen LogP) is 3.56. The molecule has 0 heterocycles. The predicted molar refractivity (Wildman–Crippen MR) is 117 cm³/mol. The van der Waals surface area contributed by atoms with Crippen molar-refractivity contribution in [1.29, 1.82) is 0 Å². The number of amides is 2. The number of hydrogen-bond donors (Lipinski definition) is 2. The van der Waals surface area contributed by atoms with Crippen LogP contribution in [0.4, 0.5) is 5.69 Å². The lowest BCUT2D eigenvalue weighted by atomic mass is 10.0. The Kier molecular flexibility index (Phi) is 8.16. The van der Waals surface area contributed by atoms with Crippen molar-refractivity contribution in [2.75, 3.05) is 5.32 Å². The van der Waals surface area contributed by atoms with E-state index in [1.807, 2.05) is 76.2 Å². The number of rotatable bonds is 8. The summed E-state index contributed by atoms with van der Waals surface area (Å²) in [6, 6.07) is 14.1. The van der Waals surface area contributed by atoms with Crippen LogP contribution in [0.3, 0.4) is 0 Å². The highest BCUT2D eigenvalue weighted by molar-refractivity contribution is 5.96. The summed E-state index contributed by atoms with van der Waals surface area (Å²) in [6.07, 6.45) is -0.828. The molecular formula is C24H30N2O4. The minimum Gasteiger partial charge on any atom is -0.451 e. The van der Waals surface area contributed by atoms with Gasteiger partial charge in [0.25, 0.3) is 5.91 Å². The Balaban J connectivity index is 1.95. The lowest BCUT2D eigenvalue weighted by molar-refractivity contribution is -0.157. The fourth-order valence-electron chi connectivity index (χ4n) is 2.99. The van der Waals surface area contributed by atoms with Crippen molar-refractivity contribution >= 4 is 23.5 Å². The number of anilines is 1. The summed E-state index contributed by atoms with van der Waals surface area (Å²) in [6.45, 7) is 9.02. The van der Waals surface area contributed by atoms with Crippen LogP contribution in [0.2, 0.25) is 0 Å². The van der Waals surface area contributed by atoms with Crippen molar-refractivity contribution in [3.63, 3.8) is 0 Å². The number of carbonyl (C=O) groups excluding carboxylic acids is 3. The molecule has 0 bridgehead atoms. The van der Waals surface area contributed by atoms with Crippen LogP contribution in [0.1, 0.15) is 37.5 Å². The molecule has 0 saturated carbocycles. The van der Waals surface area contributed by atoms with E-state index in [9.17, 15) is 14.4 Å². The van der Waals surface area contributed by atoms with Crippen molar-refractivity contribution < 1.29 is 19.1 Å². The zero-order chi connectivity index (χ0) is 22.3. The highest BCUT2D eigenvalue weighted by atomic mass is 16.5. The molecule has 0 aliphatic rings. The van der Waals surface area contributed by atoms with Gasteiger partial charge in [0.05, 0.1) is 6.42 Å². The summed E-state index contributed by atoms with van der Waals surface area (Å²) in [5.74, 6) is -1.51. The van der Waals surface area contributed by atoms with E-state index in [4.69, 9.17) is 4.74 Å². The summed E-state index contributed by atoms with van der Waals surface area (Å²) in [7, 11) is 0. The Morgan fingerprint density at radius 3 is 2.23 bits per heavy atom. The minimum atomic E-state index is -0.995. The molecule has 0 spiro atoms. The molecule has 160 valence electrons. The maximum Gasteiger partial charge on any atom is 0.329 e. The number of esters is 1. The van der Waals surface area contributed by atoms with E-state index in [-0.39, 0.29) is 18.2 Å². The number of aryl methyl sites for hydroxylation is 2. The van der Waals surface area contributed by atoms with Crippen LogP contribution < -0.4 is 10.6 Å². The van der Waals surface area contributed by atoms with Gasteiger partial charge < -0.3 is 15.4 Å². The van der Waals surface area contributed by atoms with Crippen molar-refractivity contribution in [2.45, 2.75) is 53.2 Å². The van der Waals surface area contributed by atoms with Gasteiger partial charge >= 0.3 is 5.97 Å². The van der Waals surface area contributed by atoms with Gasteiger partial charge in [0, 0.05) is 5.69 Å². The van der Waals surface area contributed by atoms with Crippen LogP contribution in [0.5, 0.6) is 0 Å². The number of carbonyl (C=O) groups is 3. The number of hydrogen-bond acceptors (Lipinski definition) is 4. The van der Waals surface area contributed by atoms with Gasteiger partial charge in [-0.25, -0.2) is 4.79 Å². The van der Waals surface area contributed by atoms with Crippen molar-refractivity contribution in [3.8, 4) is 0 Å². The molecule has 2 N–H and O–H groups in total. The van der Waals surface area contributed by atoms with E-state index in [0.717, 1.165) is 16.7 Å². The minimum absolute atomic E-state index is 0.167. The van der Waals surface area contributed by atoms with Gasteiger partial charge in [0.1, 0.15) is 6.04 Å². The monoisotopic (exact) mass is 410 g/mol. The summed E-state index contributed by atoms with van der Waals surface area (Å²) in [5, 5.41) is 5.51. The van der Waals surface area contributed by atoms with E-state index in [2.05, 4.69) is 10.6 Å². The second-order valence-electron chi connectivity index (χ2n) is 7.84. The maximum absolute atomic E-state index is 12.6. The molecule has 6 nitrogen and oxygen atoms in total. The van der Waals surface area contributed by atoms with Gasteiger partial charge in [-0.3, -0.25) is 9.59 Å². The summed E-state index contributed by atoms with van der Waals surface area (Å²) in [4.78, 5) is 37.5. The molecule has 2 amide bonds. The second kappa shape index (κ2) is 10.6. The van der Waals surface area contributed by atoms with E-state index in [1.165, 1.54) is 6.92 Å². The first-order valence-corrected chi connectivity index (χ1v) is 10.1. The van der Waals surface area contributed by atoms with E-state index in [1.54, 1.807) is 0 Å². The molecule has 2 aromatic rings. The topological polar surface area (TPSA) is 84.5 Å². The van der Waals surface area contributed by atoms with Gasteiger partial charge in [0.15, 0.2) is 6.10 Å². The molecule has 0 saturated heterocycles. The summed E-state index contributed by atoms with van der Waals surface area (Å²) in [5.41, 5.74) is 3.54. The van der Waals surface area contributed by atoms with Gasteiger partial charge in [-0.05, 0) is 43.9 Å². The Morgan fingerprint density at radius 1 is 0.967 bits per heavy atom.